The first-order chi connectivity index (χ1) is 11.7. The zero-order chi connectivity index (χ0) is 16.9. The maximum atomic E-state index is 6.09. The Morgan fingerprint density at radius 1 is 0.792 bits per heavy atom. The quantitative estimate of drug-likeness (QED) is 0.610. The minimum Gasteiger partial charge on any atom is -0.399 e. The highest BCUT2D eigenvalue weighted by atomic mass is 14.6. The predicted molar refractivity (Wildman–Crippen MR) is 104 cm³/mol. The van der Waals surface area contributed by atoms with Crippen molar-refractivity contribution in [1.29, 1.82) is 0 Å². The summed E-state index contributed by atoms with van der Waals surface area (Å²) in [6.45, 7) is 4.35. The van der Waals surface area contributed by atoms with Crippen molar-refractivity contribution in [2.75, 3.05) is 5.73 Å². The Hall–Kier alpha value is -2.54. The van der Waals surface area contributed by atoms with Crippen LogP contribution < -0.4 is 5.73 Å². The van der Waals surface area contributed by atoms with E-state index in [0.29, 0.717) is 0 Å². The Kier molecular flexibility index (Phi) is 5.00. The Balaban J connectivity index is 1.96. The molecule has 122 valence electrons. The first-order valence-electron chi connectivity index (χ1n) is 8.70. The molecule has 3 aromatic rings. The molecule has 0 aliphatic heterocycles. The Labute approximate surface area is 145 Å². The van der Waals surface area contributed by atoms with Crippen LogP contribution in [0.25, 0.3) is 11.1 Å². The molecule has 3 rings (SSSR count). The smallest absolute Gasteiger partial charge is 0.0346 e. The van der Waals surface area contributed by atoms with Gasteiger partial charge in [0.1, 0.15) is 0 Å². The third-order valence-corrected chi connectivity index (χ3v) is 4.70. The number of aryl methyl sites for hydroxylation is 4. The summed E-state index contributed by atoms with van der Waals surface area (Å²) in [4.78, 5) is 0. The molecule has 24 heavy (non-hydrogen) atoms. The summed E-state index contributed by atoms with van der Waals surface area (Å²) in [5, 5.41) is 0. The molecule has 0 bridgehead atoms. The summed E-state index contributed by atoms with van der Waals surface area (Å²) in [5.41, 5.74) is 15.0. The van der Waals surface area contributed by atoms with E-state index in [9.17, 15) is 0 Å². The monoisotopic (exact) mass is 315 g/mol. The first kappa shape index (κ1) is 16.3. The lowest BCUT2D eigenvalue weighted by Gasteiger charge is -2.15. The van der Waals surface area contributed by atoms with E-state index in [-0.39, 0.29) is 0 Å². The maximum Gasteiger partial charge on any atom is 0.0346 e. The lowest BCUT2D eigenvalue weighted by molar-refractivity contribution is 0.960. The van der Waals surface area contributed by atoms with Crippen LogP contribution in [0.2, 0.25) is 0 Å². The highest BCUT2D eigenvalue weighted by Gasteiger charge is 2.10. The summed E-state index contributed by atoms with van der Waals surface area (Å²) >= 11 is 0. The molecule has 0 aromatic heterocycles. The van der Waals surface area contributed by atoms with Gasteiger partial charge in [0.05, 0.1) is 0 Å². The molecular weight excluding hydrogens is 290 g/mol. The fourth-order valence-corrected chi connectivity index (χ4v) is 3.34. The third-order valence-electron chi connectivity index (χ3n) is 4.70. The van der Waals surface area contributed by atoms with E-state index in [0.717, 1.165) is 24.9 Å². The van der Waals surface area contributed by atoms with Crippen LogP contribution >= 0.6 is 0 Å². The normalized spacial score (nSPS) is 10.8. The van der Waals surface area contributed by atoms with Gasteiger partial charge >= 0.3 is 0 Å². The second kappa shape index (κ2) is 7.35. The van der Waals surface area contributed by atoms with E-state index >= 15 is 0 Å². The van der Waals surface area contributed by atoms with Crippen molar-refractivity contribution < 1.29 is 0 Å². The van der Waals surface area contributed by atoms with Gasteiger partial charge < -0.3 is 5.73 Å². The van der Waals surface area contributed by atoms with Crippen LogP contribution in [-0.2, 0) is 19.3 Å². The number of rotatable bonds is 5. The highest BCUT2D eigenvalue weighted by molar-refractivity contribution is 5.73. The average Bonchev–Trinajstić information content (AvgIpc) is 2.61. The molecule has 0 amide bonds. The number of anilines is 1. The second-order valence-electron chi connectivity index (χ2n) is 6.36. The second-order valence-corrected chi connectivity index (χ2v) is 6.36. The Bertz CT molecular complexity index is 819. The van der Waals surface area contributed by atoms with Crippen molar-refractivity contribution in [1.82, 2.24) is 0 Å². The van der Waals surface area contributed by atoms with Gasteiger partial charge in [0.2, 0.25) is 0 Å². The molecule has 0 atom stereocenters. The van der Waals surface area contributed by atoms with Gasteiger partial charge in [0.15, 0.2) is 0 Å². The number of hydrogen-bond acceptors (Lipinski definition) is 1. The molecule has 1 heteroatoms. The van der Waals surface area contributed by atoms with Crippen molar-refractivity contribution in [3.63, 3.8) is 0 Å². The number of hydrogen-bond donors (Lipinski definition) is 1. The zero-order valence-corrected chi connectivity index (χ0v) is 14.5. The van der Waals surface area contributed by atoms with E-state index in [1.54, 1.807) is 0 Å². The van der Waals surface area contributed by atoms with Gasteiger partial charge in [-0.25, -0.2) is 0 Å². The van der Waals surface area contributed by atoms with Crippen LogP contribution in [0.3, 0.4) is 0 Å². The summed E-state index contributed by atoms with van der Waals surface area (Å²) in [5.74, 6) is 0. The van der Waals surface area contributed by atoms with Crippen molar-refractivity contribution in [2.24, 2.45) is 0 Å². The molecule has 0 fully saturated rings. The minimum absolute atomic E-state index is 0.890. The Morgan fingerprint density at radius 2 is 1.58 bits per heavy atom. The molecule has 0 unspecified atom stereocenters. The van der Waals surface area contributed by atoms with Gasteiger partial charge in [-0.1, -0.05) is 61.5 Å². The molecule has 1 nitrogen and oxygen atoms in total. The fraction of sp³-hybridized carbons (Fsp3) is 0.217. The fourth-order valence-electron chi connectivity index (χ4n) is 3.34. The minimum atomic E-state index is 0.890. The number of nitrogens with two attached hydrogens (primary N) is 1. The standard InChI is InChI=1S/C23H25N/c1-3-19-16-21(14-15-22(19)24)23-17(2)8-7-11-20(23)13-12-18-9-5-4-6-10-18/h4-11,14-16H,3,12-13,24H2,1-2H3. The summed E-state index contributed by atoms with van der Waals surface area (Å²) in [6, 6.07) is 23.8. The average molecular weight is 315 g/mol. The molecule has 0 aliphatic carbocycles. The molecule has 0 heterocycles. The maximum absolute atomic E-state index is 6.09. The Morgan fingerprint density at radius 3 is 2.33 bits per heavy atom. The van der Waals surface area contributed by atoms with Gasteiger partial charge in [-0.2, -0.15) is 0 Å². The van der Waals surface area contributed by atoms with E-state index in [1.807, 2.05) is 6.07 Å². The third kappa shape index (κ3) is 3.51. The molecule has 0 aliphatic rings. The summed E-state index contributed by atoms with van der Waals surface area (Å²) < 4.78 is 0. The van der Waals surface area contributed by atoms with Crippen molar-refractivity contribution >= 4 is 5.69 Å². The van der Waals surface area contributed by atoms with Crippen LogP contribution in [0, 0.1) is 6.92 Å². The molecule has 0 radical (unpaired) electrons. The van der Waals surface area contributed by atoms with Crippen molar-refractivity contribution in [3.8, 4) is 11.1 Å². The van der Waals surface area contributed by atoms with Crippen molar-refractivity contribution in [2.45, 2.75) is 33.1 Å². The molecule has 3 aromatic carbocycles. The SMILES string of the molecule is CCc1cc(-c2c(C)cccc2CCc2ccccc2)ccc1N. The van der Waals surface area contributed by atoms with E-state index < -0.39 is 0 Å². The van der Waals surface area contributed by atoms with Crippen LogP contribution in [0.1, 0.15) is 29.2 Å². The molecule has 0 saturated carbocycles. The van der Waals surface area contributed by atoms with Crippen LogP contribution in [-0.4, -0.2) is 0 Å². The van der Waals surface area contributed by atoms with Crippen LogP contribution in [0.15, 0.2) is 66.7 Å². The van der Waals surface area contributed by atoms with E-state index in [4.69, 9.17) is 5.73 Å². The largest absolute Gasteiger partial charge is 0.399 e. The van der Waals surface area contributed by atoms with E-state index in [1.165, 1.54) is 33.4 Å². The molecular formula is C23H25N. The first-order valence-corrected chi connectivity index (χ1v) is 8.70. The molecule has 0 saturated heterocycles. The van der Waals surface area contributed by atoms with Gasteiger partial charge in [-0.15, -0.1) is 0 Å². The summed E-state index contributed by atoms with van der Waals surface area (Å²) in [6.07, 6.45) is 3.07. The number of nitrogen functional groups attached to an aromatic ring is 1. The molecule has 2 N–H and O–H groups in total. The lowest BCUT2D eigenvalue weighted by Crippen LogP contribution is -1.98. The summed E-state index contributed by atoms with van der Waals surface area (Å²) in [7, 11) is 0. The topological polar surface area (TPSA) is 26.0 Å². The van der Waals surface area contributed by atoms with Gasteiger partial charge in [-0.05, 0) is 71.7 Å². The van der Waals surface area contributed by atoms with Crippen molar-refractivity contribution in [3.05, 3.63) is 89.0 Å². The lowest BCUT2D eigenvalue weighted by atomic mass is 9.90. The van der Waals surface area contributed by atoms with Gasteiger partial charge in [0, 0.05) is 5.69 Å². The number of benzene rings is 3. The predicted octanol–water partition coefficient (Wildman–Crippen LogP) is 5.59. The van der Waals surface area contributed by atoms with Gasteiger partial charge in [0.25, 0.3) is 0 Å². The van der Waals surface area contributed by atoms with Crippen LogP contribution in [0.5, 0.6) is 0 Å². The van der Waals surface area contributed by atoms with Crippen LogP contribution in [0.4, 0.5) is 5.69 Å². The van der Waals surface area contributed by atoms with E-state index in [2.05, 4.69) is 74.5 Å². The van der Waals surface area contributed by atoms with Gasteiger partial charge in [-0.3, -0.25) is 0 Å². The molecule has 0 spiro atoms. The zero-order valence-electron chi connectivity index (χ0n) is 14.5. The highest BCUT2D eigenvalue weighted by Crippen LogP contribution is 2.31.